The molecule has 130 valence electrons. The maximum atomic E-state index is 12.8. The Balaban J connectivity index is 1.84. The van der Waals surface area contributed by atoms with Crippen molar-refractivity contribution >= 4 is 32.2 Å². The lowest BCUT2D eigenvalue weighted by molar-refractivity contribution is -0.116. The molecule has 0 aliphatic carbocycles. The van der Waals surface area contributed by atoms with Crippen molar-refractivity contribution in [3.05, 3.63) is 41.2 Å². The SMILES string of the molecule is CC(C)c1csc(NC(=O)CCCS(=O)(=O)c2ccc(F)cc2)n1. The Labute approximate surface area is 144 Å². The van der Waals surface area contributed by atoms with Crippen LogP contribution in [0.2, 0.25) is 0 Å². The number of nitrogens with zero attached hydrogens (tertiary/aromatic N) is 1. The lowest BCUT2D eigenvalue weighted by Gasteiger charge is -2.05. The minimum atomic E-state index is -3.51. The van der Waals surface area contributed by atoms with Gasteiger partial charge in [-0.25, -0.2) is 17.8 Å². The van der Waals surface area contributed by atoms with Gasteiger partial charge in [0.25, 0.3) is 0 Å². The molecular formula is C16H19FN2O3S2. The maximum Gasteiger partial charge on any atom is 0.226 e. The van der Waals surface area contributed by atoms with Crippen molar-refractivity contribution in [2.24, 2.45) is 0 Å². The van der Waals surface area contributed by atoms with E-state index in [4.69, 9.17) is 0 Å². The monoisotopic (exact) mass is 370 g/mol. The maximum absolute atomic E-state index is 12.8. The number of halogens is 1. The van der Waals surface area contributed by atoms with E-state index < -0.39 is 15.7 Å². The molecule has 2 aromatic rings. The third-order valence-electron chi connectivity index (χ3n) is 3.35. The number of thiazole rings is 1. The number of amides is 1. The zero-order valence-electron chi connectivity index (χ0n) is 13.5. The fourth-order valence-corrected chi connectivity index (χ4v) is 4.17. The van der Waals surface area contributed by atoms with Crippen molar-refractivity contribution < 1.29 is 17.6 Å². The molecule has 1 amide bonds. The quantitative estimate of drug-likeness (QED) is 0.756. The minimum Gasteiger partial charge on any atom is -0.302 e. The van der Waals surface area contributed by atoms with Gasteiger partial charge in [0.15, 0.2) is 15.0 Å². The highest BCUT2D eigenvalue weighted by molar-refractivity contribution is 7.91. The van der Waals surface area contributed by atoms with E-state index in [0.717, 1.165) is 17.8 Å². The third kappa shape index (κ3) is 5.10. The molecule has 0 spiro atoms. The number of hydrogen-bond donors (Lipinski definition) is 1. The van der Waals surface area contributed by atoms with Gasteiger partial charge in [-0.05, 0) is 36.6 Å². The topological polar surface area (TPSA) is 76.1 Å². The van der Waals surface area contributed by atoms with E-state index in [-0.39, 0.29) is 35.3 Å². The highest BCUT2D eigenvalue weighted by Crippen LogP contribution is 2.21. The molecule has 0 bridgehead atoms. The zero-order chi connectivity index (χ0) is 17.7. The minimum absolute atomic E-state index is 0.0609. The number of aromatic nitrogens is 1. The second-order valence-electron chi connectivity index (χ2n) is 5.66. The van der Waals surface area contributed by atoms with Crippen LogP contribution in [-0.2, 0) is 14.6 Å². The molecule has 0 fully saturated rings. The van der Waals surface area contributed by atoms with Crippen LogP contribution in [0.15, 0.2) is 34.5 Å². The summed E-state index contributed by atoms with van der Waals surface area (Å²) < 4.78 is 37.0. The predicted octanol–water partition coefficient (Wildman–Crippen LogP) is 3.60. The summed E-state index contributed by atoms with van der Waals surface area (Å²) in [5, 5.41) is 5.08. The van der Waals surface area contributed by atoms with Crippen LogP contribution in [0.1, 0.15) is 38.3 Å². The van der Waals surface area contributed by atoms with Gasteiger partial charge in [0.2, 0.25) is 5.91 Å². The molecule has 2 rings (SSSR count). The van der Waals surface area contributed by atoms with E-state index >= 15 is 0 Å². The Morgan fingerprint density at radius 1 is 1.29 bits per heavy atom. The summed E-state index contributed by atoms with van der Waals surface area (Å²) >= 11 is 1.35. The third-order valence-corrected chi connectivity index (χ3v) is 5.94. The molecular weight excluding hydrogens is 351 g/mol. The van der Waals surface area contributed by atoms with Crippen LogP contribution < -0.4 is 5.32 Å². The van der Waals surface area contributed by atoms with Crippen molar-refractivity contribution in [2.75, 3.05) is 11.1 Å². The predicted molar refractivity (Wildman–Crippen MR) is 92.5 cm³/mol. The zero-order valence-corrected chi connectivity index (χ0v) is 15.1. The highest BCUT2D eigenvalue weighted by atomic mass is 32.2. The normalized spacial score (nSPS) is 11.7. The molecule has 1 heterocycles. The number of hydrogen-bond acceptors (Lipinski definition) is 5. The fourth-order valence-electron chi connectivity index (χ4n) is 1.97. The van der Waals surface area contributed by atoms with Gasteiger partial charge in [0.1, 0.15) is 5.82 Å². The number of anilines is 1. The second kappa shape index (κ2) is 7.85. The summed E-state index contributed by atoms with van der Waals surface area (Å²) in [4.78, 5) is 16.2. The molecule has 0 aliphatic heterocycles. The number of nitrogens with one attached hydrogen (secondary N) is 1. The highest BCUT2D eigenvalue weighted by Gasteiger charge is 2.15. The van der Waals surface area contributed by atoms with Crippen molar-refractivity contribution in [3.63, 3.8) is 0 Å². The van der Waals surface area contributed by atoms with E-state index in [1.165, 1.54) is 23.5 Å². The Hall–Kier alpha value is -1.80. The Morgan fingerprint density at radius 3 is 2.54 bits per heavy atom. The number of sulfone groups is 1. The molecule has 0 saturated carbocycles. The van der Waals surface area contributed by atoms with Crippen LogP contribution >= 0.6 is 11.3 Å². The van der Waals surface area contributed by atoms with Crippen molar-refractivity contribution in [1.29, 1.82) is 0 Å². The summed E-state index contributed by atoms with van der Waals surface area (Å²) in [6, 6.07) is 4.67. The molecule has 8 heteroatoms. The molecule has 0 unspecified atom stereocenters. The number of rotatable bonds is 7. The molecule has 0 saturated heterocycles. The molecule has 0 aliphatic rings. The van der Waals surface area contributed by atoms with Crippen LogP contribution in [0.3, 0.4) is 0 Å². The standard InChI is InChI=1S/C16H19FN2O3S2/c1-11(2)14-10-23-16(18-14)19-15(20)4-3-9-24(21,22)13-7-5-12(17)6-8-13/h5-8,10-11H,3-4,9H2,1-2H3,(H,18,19,20). The first-order valence-corrected chi connectivity index (χ1v) is 10.0. The Morgan fingerprint density at radius 2 is 1.96 bits per heavy atom. The van der Waals surface area contributed by atoms with E-state index in [2.05, 4.69) is 10.3 Å². The molecule has 24 heavy (non-hydrogen) atoms. The average molecular weight is 370 g/mol. The van der Waals surface area contributed by atoms with Gasteiger partial charge in [-0.15, -0.1) is 11.3 Å². The van der Waals surface area contributed by atoms with Crippen LogP contribution in [0.5, 0.6) is 0 Å². The summed E-state index contributed by atoms with van der Waals surface area (Å²) in [6.45, 7) is 4.03. The first-order chi connectivity index (χ1) is 11.3. The van der Waals surface area contributed by atoms with Crippen molar-refractivity contribution in [1.82, 2.24) is 4.98 Å². The van der Waals surface area contributed by atoms with Gasteiger partial charge in [-0.2, -0.15) is 0 Å². The second-order valence-corrected chi connectivity index (χ2v) is 8.62. The molecule has 1 aromatic heterocycles. The fraction of sp³-hybridized carbons (Fsp3) is 0.375. The molecule has 1 aromatic carbocycles. The molecule has 0 atom stereocenters. The van der Waals surface area contributed by atoms with E-state index in [1.807, 2.05) is 19.2 Å². The van der Waals surface area contributed by atoms with Crippen LogP contribution in [0.25, 0.3) is 0 Å². The van der Waals surface area contributed by atoms with Crippen LogP contribution in [0.4, 0.5) is 9.52 Å². The summed E-state index contributed by atoms with van der Waals surface area (Å²) in [6.07, 6.45) is 0.269. The van der Waals surface area contributed by atoms with Gasteiger partial charge >= 0.3 is 0 Å². The summed E-state index contributed by atoms with van der Waals surface area (Å²) in [7, 11) is -3.51. The van der Waals surface area contributed by atoms with Gasteiger partial charge in [-0.3, -0.25) is 4.79 Å². The number of carbonyl (C=O) groups is 1. The van der Waals surface area contributed by atoms with Crippen LogP contribution in [0, 0.1) is 5.82 Å². The van der Waals surface area contributed by atoms with E-state index in [0.29, 0.717) is 5.13 Å². The number of benzene rings is 1. The summed E-state index contributed by atoms with van der Waals surface area (Å²) in [5.41, 5.74) is 0.911. The lowest BCUT2D eigenvalue weighted by atomic mass is 10.2. The Kier molecular flexibility index (Phi) is 6.06. The first-order valence-electron chi connectivity index (χ1n) is 7.51. The summed E-state index contributed by atoms with van der Waals surface area (Å²) in [5.74, 6) is -0.638. The van der Waals surface area contributed by atoms with Gasteiger partial charge in [0, 0.05) is 11.8 Å². The van der Waals surface area contributed by atoms with Crippen molar-refractivity contribution in [3.8, 4) is 0 Å². The van der Waals surface area contributed by atoms with E-state index in [9.17, 15) is 17.6 Å². The molecule has 1 N–H and O–H groups in total. The van der Waals surface area contributed by atoms with Gasteiger partial charge in [0.05, 0.1) is 16.3 Å². The van der Waals surface area contributed by atoms with Crippen LogP contribution in [-0.4, -0.2) is 25.1 Å². The smallest absolute Gasteiger partial charge is 0.226 e. The van der Waals surface area contributed by atoms with Crippen molar-refractivity contribution in [2.45, 2.75) is 37.5 Å². The van der Waals surface area contributed by atoms with E-state index in [1.54, 1.807) is 0 Å². The molecule has 0 radical (unpaired) electrons. The largest absolute Gasteiger partial charge is 0.302 e. The van der Waals surface area contributed by atoms with Gasteiger partial charge < -0.3 is 5.32 Å². The first kappa shape index (κ1) is 18.5. The molecule has 5 nitrogen and oxygen atoms in total. The average Bonchev–Trinajstić information content (AvgIpc) is 2.96. The van der Waals surface area contributed by atoms with Gasteiger partial charge in [-0.1, -0.05) is 13.8 Å². The lowest BCUT2D eigenvalue weighted by Crippen LogP contribution is -2.14. The Bertz CT molecular complexity index is 799. The number of carbonyl (C=O) groups excluding carboxylic acids is 1.